The summed E-state index contributed by atoms with van der Waals surface area (Å²) in [6.07, 6.45) is 8.39. The Morgan fingerprint density at radius 3 is 2.46 bits per heavy atom. The molecule has 72 valence electrons. The minimum absolute atomic E-state index is 1.01. The van der Waals surface area contributed by atoms with Gasteiger partial charge in [-0.3, -0.25) is 0 Å². The Balaban J connectivity index is 3.73. The zero-order valence-electron chi connectivity index (χ0n) is 8.93. The predicted molar refractivity (Wildman–Crippen MR) is 57.3 cm³/mol. The molecule has 1 heteroatoms. The van der Waals surface area contributed by atoms with Crippen molar-refractivity contribution in [3.05, 3.63) is 23.3 Å². The van der Waals surface area contributed by atoms with Crippen molar-refractivity contribution < 1.29 is 0 Å². The van der Waals surface area contributed by atoms with Crippen molar-refractivity contribution in [2.45, 2.75) is 46.5 Å². The van der Waals surface area contributed by atoms with Gasteiger partial charge in [0.15, 0.2) is 0 Å². The molecule has 0 spiro atoms. The van der Waals surface area contributed by atoms with Gasteiger partial charge in [-0.15, -0.1) is 0 Å². The first-order chi connectivity index (χ1) is 6.20. The van der Waals surface area contributed by atoms with Gasteiger partial charge in [-0.25, -0.2) is 0 Å². The van der Waals surface area contributed by atoms with Gasteiger partial charge >= 0.3 is 0 Å². The van der Waals surface area contributed by atoms with Crippen LogP contribution in [0.15, 0.2) is 23.3 Å². The number of nitrogens with zero attached hydrogens (tertiary/aromatic N) is 1. The summed E-state index contributed by atoms with van der Waals surface area (Å²) in [5.41, 5.74) is 2.63. The van der Waals surface area contributed by atoms with Gasteiger partial charge in [0.2, 0.25) is 0 Å². The molecule has 0 aliphatic carbocycles. The van der Waals surface area contributed by atoms with E-state index in [4.69, 9.17) is 5.26 Å². The van der Waals surface area contributed by atoms with E-state index < -0.39 is 0 Å². The van der Waals surface area contributed by atoms with Gasteiger partial charge in [0, 0.05) is 6.08 Å². The summed E-state index contributed by atoms with van der Waals surface area (Å²) in [7, 11) is 0. The number of allylic oxidation sites excluding steroid dienone is 4. The molecule has 0 saturated heterocycles. The second-order valence-electron chi connectivity index (χ2n) is 3.46. The van der Waals surface area contributed by atoms with Crippen LogP contribution in [0.4, 0.5) is 0 Å². The lowest BCUT2D eigenvalue weighted by atomic mass is 10.1. The second-order valence-corrected chi connectivity index (χ2v) is 3.46. The molecule has 0 aromatic carbocycles. The molecule has 0 fully saturated rings. The van der Waals surface area contributed by atoms with Crippen LogP contribution in [0.5, 0.6) is 0 Å². The van der Waals surface area contributed by atoms with Crippen LogP contribution < -0.4 is 0 Å². The molecule has 0 radical (unpaired) electrons. The highest BCUT2D eigenvalue weighted by Gasteiger charge is 1.89. The molecular formula is C12H19N. The van der Waals surface area contributed by atoms with Gasteiger partial charge in [0.05, 0.1) is 6.07 Å². The van der Waals surface area contributed by atoms with Gasteiger partial charge in [-0.05, 0) is 33.1 Å². The van der Waals surface area contributed by atoms with Crippen molar-refractivity contribution in [1.29, 1.82) is 5.26 Å². The molecule has 0 bridgehead atoms. The van der Waals surface area contributed by atoms with E-state index in [-0.39, 0.29) is 0 Å². The van der Waals surface area contributed by atoms with Gasteiger partial charge in [-0.2, -0.15) is 5.26 Å². The smallest absolute Gasteiger partial charge is 0.0911 e. The fourth-order valence-electron chi connectivity index (χ4n) is 1.23. The second kappa shape index (κ2) is 7.61. The summed E-state index contributed by atoms with van der Waals surface area (Å²) in [6, 6.07) is 2.05. The summed E-state index contributed by atoms with van der Waals surface area (Å²) in [4.78, 5) is 0. The minimum Gasteiger partial charge on any atom is -0.193 e. The fourth-order valence-corrected chi connectivity index (χ4v) is 1.23. The van der Waals surface area contributed by atoms with Crippen molar-refractivity contribution >= 4 is 0 Å². The summed E-state index contributed by atoms with van der Waals surface area (Å²) in [5, 5.41) is 8.39. The topological polar surface area (TPSA) is 23.8 Å². The molecular weight excluding hydrogens is 158 g/mol. The molecule has 0 aromatic heterocycles. The van der Waals surface area contributed by atoms with Crippen LogP contribution >= 0.6 is 0 Å². The number of rotatable bonds is 5. The monoisotopic (exact) mass is 177 g/mol. The van der Waals surface area contributed by atoms with Gasteiger partial charge in [-0.1, -0.05) is 30.6 Å². The average Bonchev–Trinajstić information content (AvgIpc) is 2.05. The molecule has 0 heterocycles. The van der Waals surface area contributed by atoms with Crippen LogP contribution in [-0.4, -0.2) is 0 Å². The minimum atomic E-state index is 1.01. The fraction of sp³-hybridized carbons (Fsp3) is 0.583. The summed E-state index contributed by atoms with van der Waals surface area (Å²) in [6.45, 7) is 6.37. The SMILES string of the molecule is CCC/C(C)=C/CC/C(C)=C/C#N. The van der Waals surface area contributed by atoms with E-state index in [9.17, 15) is 0 Å². The maximum Gasteiger partial charge on any atom is 0.0911 e. The van der Waals surface area contributed by atoms with Crippen molar-refractivity contribution in [1.82, 2.24) is 0 Å². The van der Waals surface area contributed by atoms with Crippen molar-refractivity contribution in [3.63, 3.8) is 0 Å². The van der Waals surface area contributed by atoms with Crippen LogP contribution in [0.2, 0.25) is 0 Å². The van der Waals surface area contributed by atoms with Crippen LogP contribution in [-0.2, 0) is 0 Å². The lowest BCUT2D eigenvalue weighted by Gasteiger charge is -1.98. The van der Waals surface area contributed by atoms with E-state index >= 15 is 0 Å². The van der Waals surface area contributed by atoms with Crippen LogP contribution in [0, 0.1) is 11.3 Å². The highest BCUT2D eigenvalue weighted by atomic mass is 14.2. The molecule has 0 amide bonds. The molecule has 0 atom stereocenters. The maximum absolute atomic E-state index is 8.39. The molecule has 0 rings (SSSR count). The van der Waals surface area contributed by atoms with Gasteiger partial charge in [0.1, 0.15) is 0 Å². The molecule has 0 N–H and O–H groups in total. The van der Waals surface area contributed by atoms with Crippen LogP contribution in [0.25, 0.3) is 0 Å². The lowest BCUT2D eigenvalue weighted by molar-refractivity contribution is 0.881. The summed E-state index contributed by atoms with van der Waals surface area (Å²) in [5.74, 6) is 0. The quantitative estimate of drug-likeness (QED) is 0.460. The standard InChI is InChI=1S/C12H19N/c1-4-6-11(2)7-5-8-12(3)9-10-13/h7,9H,4-6,8H2,1-3H3/b11-7+,12-9+. The molecule has 13 heavy (non-hydrogen) atoms. The van der Waals surface area contributed by atoms with Crippen molar-refractivity contribution in [2.75, 3.05) is 0 Å². The molecule has 0 saturated carbocycles. The third kappa shape index (κ3) is 7.33. The van der Waals surface area contributed by atoms with Crippen LogP contribution in [0.1, 0.15) is 46.5 Å². The Morgan fingerprint density at radius 2 is 1.92 bits per heavy atom. The molecule has 0 unspecified atom stereocenters. The average molecular weight is 177 g/mol. The Bertz CT molecular complexity index is 228. The first kappa shape index (κ1) is 12.0. The van der Waals surface area contributed by atoms with E-state index in [2.05, 4.69) is 19.9 Å². The Hall–Kier alpha value is -1.03. The Kier molecular flexibility index (Phi) is 7.01. The zero-order valence-corrected chi connectivity index (χ0v) is 8.93. The van der Waals surface area contributed by atoms with Gasteiger partial charge < -0.3 is 0 Å². The Labute approximate surface area is 81.8 Å². The Morgan fingerprint density at radius 1 is 1.23 bits per heavy atom. The maximum atomic E-state index is 8.39. The molecule has 0 aliphatic rings. The summed E-state index contributed by atoms with van der Waals surface area (Å²) < 4.78 is 0. The largest absolute Gasteiger partial charge is 0.193 e. The number of hydrogen-bond acceptors (Lipinski definition) is 1. The van der Waals surface area contributed by atoms with E-state index in [0.29, 0.717) is 0 Å². The van der Waals surface area contributed by atoms with E-state index in [1.54, 1.807) is 6.08 Å². The number of nitriles is 1. The van der Waals surface area contributed by atoms with Gasteiger partial charge in [0.25, 0.3) is 0 Å². The number of hydrogen-bond donors (Lipinski definition) is 0. The third-order valence-corrected chi connectivity index (χ3v) is 1.99. The van der Waals surface area contributed by atoms with E-state index in [1.807, 2.05) is 13.0 Å². The zero-order chi connectivity index (χ0) is 10.1. The normalized spacial score (nSPS) is 12.8. The van der Waals surface area contributed by atoms with E-state index in [1.165, 1.54) is 24.0 Å². The third-order valence-electron chi connectivity index (χ3n) is 1.99. The first-order valence-electron chi connectivity index (χ1n) is 4.91. The lowest BCUT2D eigenvalue weighted by Crippen LogP contribution is -1.78. The van der Waals surface area contributed by atoms with Crippen molar-refractivity contribution in [2.24, 2.45) is 0 Å². The first-order valence-corrected chi connectivity index (χ1v) is 4.91. The van der Waals surface area contributed by atoms with E-state index in [0.717, 1.165) is 12.8 Å². The van der Waals surface area contributed by atoms with Crippen molar-refractivity contribution in [3.8, 4) is 6.07 Å². The highest BCUT2D eigenvalue weighted by molar-refractivity contribution is 5.12. The predicted octanol–water partition coefficient (Wildman–Crippen LogP) is 3.98. The molecule has 1 nitrogen and oxygen atoms in total. The molecule has 0 aliphatic heterocycles. The summed E-state index contributed by atoms with van der Waals surface area (Å²) >= 11 is 0. The van der Waals surface area contributed by atoms with Crippen LogP contribution in [0.3, 0.4) is 0 Å². The molecule has 0 aromatic rings. The highest BCUT2D eigenvalue weighted by Crippen LogP contribution is 2.09.